The van der Waals surface area contributed by atoms with Gasteiger partial charge in [0.2, 0.25) is 33.4 Å². The van der Waals surface area contributed by atoms with Gasteiger partial charge in [0.15, 0.2) is 0 Å². The number of methoxy groups -OCH3 is 1. The molecule has 57 heavy (non-hydrogen) atoms. The molecule has 0 bridgehead atoms. The average molecular weight is 823 g/mol. The molecule has 0 radical (unpaired) electrons. The normalized spacial score (nSPS) is 27.5. The van der Waals surface area contributed by atoms with Gasteiger partial charge in [-0.25, -0.2) is 23.2 Å². The zero-order chi connectivity index (χ0) is 41.5. The first-order valence-electron chi connectivity index (χ1n) is 19.2. The monoisotopic (exact) mass is 822 g/mol. The molecule has 1 aromatic carbocycles. The molecule has 312 valence electrons. The number of ether oxygens (including phenoxy) is 3. The molecule has 2 aliphatic heterocycles. The van der Waals surface area contributed by atoms with Crippen LogP contribution in [0.15, 0.2) is 30.4 Å². The van der Waals surface area contributed by atoms with Crippen molar-refractivity contribution in [2.75, 3.05) is 13.7 Å². The molecule has 1 saturated heterocycles. The van der Waals surface area contributed by atoms with Gasteiger partial charge in [-0.2, -0.15) is 13.2 Å². The fourth-order valence-corrected chi connectivity index (χ4v) is 8.31. The summed E-state index contributed by atoms with van der Waals surface area (Å²) in [6, 6.07) is 1.52. The molecular weight excluding hydrogens is 774 g/mol. The number of alkyl halides is 3. The lowest BCUT2D eigenvalue weighted by Crippen LogP contribution is -2.58. The first-order chi connectivity index (χ1) is 26.8. The third-order valence-corrected chi connectivity index (χ3v) is 13.5. The predicted octanol–water partition coefficient (Wildman–Crippen LogP) is 4.54. The highest BCUT2D eigenvalue weighted by Gasteiger charge is 2.63. The zero-order valence-electron chi connectivity index (χ0n) is 32.5. The van der Waals surface area contributed by atoms with E-state index >= 15 is 0 Å². The Morgan fingerprint density at radius 2 is 1.81 bits per heavy atom. The number of amides is 4. The van der Waals surface area contributed by atoms with Crippen LogP contribution in [0.1, 0.15) is 91.2 Å². The molecular formula is C38H49F3N6O9S. The quantitative estimate of drug-likeness (QED) is 0.301. The second kappa shape index (κ2) is 15.9. The molecule has 2 aromatic rings. The van der Waals surface area contributed by atoms with E-state index in [4.69, 9.17) is 14.2 Å². The molecule has 0 unspecified atom stereocenters. The van der Waals surface area contributed by atoms with E-state index in [2.05, 4.69) is 25.3 Å². The lowest BCUT2D eigenvalue weighted by atomic mass is 10.0. The summed E-state index contributed by atoms with van der Waals surface area (Å²) in [5.41, 5.74) is -3.14. The Balaban J connectivity index is 1.34. The summed E-state index contributed by atoms with van der Waals surface area (Å²) in [7, 11) is -2.71. The average Bonchev–Trinajstić information content (AvgIpc) is 4.02. The van der Waals surface area contributed by atoms with Crippen molar-refractivity contribution in [2.24, 2.45) is 11.8 Å². The summed E-state index contributed by atoms with van der Waals surface area (Å²) in [5.74, 6) is -3.68. The second-order valence-corrected chi connectivity index (χ2v) is 18.2. The van der Waals surface area contributed by atoms with Crippen molar-refractivity contribution in [2.45, 2.75) is 126 Å². The number of sulfonamides is 1. The number of carbonyl (C=O) groups is 4. The van der Waals surface area contributed by atoms with Crippen LogP contribution in [0, 0.1) is 11.8 Å². The van der Waals surface area contributed by atoms with Gasteiger partial charge in [-0.15, -0.1) is 0 Å². The highest BCUT2D eigenvalue weighted by Crippen LogP contribution is 2.47. The molecule has 15 nitrogen and oxygen atoms in total. The Kier molecular flexibility index (Phi) is 11.7. The number of nitrogens with one attached hydrogen (secondary N) is 3. The summed E-state index contributed by atoms with van der Waals surface area (Å²) < 4.78 is 87.0. The number of hydrogen-bond acceptors (Lipinski definition) is 11. The molecule has 19 heteroatoms. The number of hydrogen-bond donors (Lipinski definition) is 3. The van der Waals surface area contributed by atoms with Gasteiger partial charge in [0, 0.05) is 18.4 Å². The standard InChI is InChI=1S/C38H49F3N6O9S/c1-21(2)22(3)55-35(51)44-27-12-10-8-6-7-9-11-23-19-37(23,34(50)46-57(52,53)36(4)15-16-36)45-31(48)29-18-25(20-47(29)33(27)49)56-32-30(38(39,40)41)42-26-14-13-24(54-5)17-28(26)43-32/h9,11,13-14,17,21-23,25,27,29H,6-8,10,12,15-16,18-20H2,1-5H3,(H,44,51)(H,45,48)(H,46,50)/b11-9-/t22-,23+,25+,27-,29-,37+/m0/s1. The zero-order valence-corrected chi connectivity index (χ0v) is 33.3. The number of halogens is 3. The number of rotatable bonds is 9. The SMILES string of the molecule is COc1ccc2nc(C(F)(F)F)c(O[C@@H]3C[C@H]4C(=O)N[C@]5(C(=O)NS(=O)(=O)C6(C)CC6)C[C@H]5/C=C\CCCCC[C@H](NC(=O)O[C@@H](C)C(C)C)C(=O)N4C3)nc2c1. The van der Waals surface area contributed by atoms with Crippen LogP contribution in [0.5, 0.6) is 11.6 Å². The number of fused-ring (bicyclic) bond motifs is 3. The van der Waals surface area contributed by atoms with E-state index in [1.165, 1.54) is 32.2 Å². The minimum Gasteiger partial charge on any atom is -0.497 e. The summed E-state index contributed by atoms with van der Waals surface area (Å²) >= 11 is 0. The third kappa shape index (κ3) is 9.07. The van der Waals surface area contributed by atoms with E-state index < -0.39 is 98.6 Å². The maximum Gasteiger partial charge on any atom is 0.438 e. The van der Waals surface area contributed by atoms with Crippen molar-refractivity contribution >= 4 is 44.9 Å². The Hall–Kier alpha value is -4.68. The topological polar surface area (TPSA) is 195 Å². The maximum absolute atomic E-state index is 14.5. The molecule has 3 fully saturated rings. The van der Waals surface area contributed by atoms with Gasteiger partial charge in [-0.3, -0.25) is 19.1 Å². The first-order valence-corrected chi connectivity index (χ1v) is 20.7. The van der Waals surface area contributed by atoms with E-state index in [0.29, 0.717) is 44.3 Å². The number of allylic oxidation sites excluding steroid dienone is 1. The van der Waals surface area contributed by atoms with Crippen LogP contribution in [0.3, 0.4) is 0 Å². The Morgan fingerprint density at radius 1 is 1.07 bits per heavy atom. The summed E-state index contributed by atoms with van der Waals surface area (Å²) in [4.78, 5) is 64.7. The van der Waals surface area contributed by atoms with Gasteiger partial charge in [0.1, 0.15) is 35.6 Å². The Bertz CT molecular complexity index is 2040. The highest BCUT2D eigenvalue weighted by molar-refractivity contribution is 7.91. The first kappa shape index (κ1) is 41.9. The van der Waals surface area contributed by atoms with Crippen LogP contribution < -0.4 is 24.8 Å². The van der Waals surface area contributed by atoms with E-state index in [1.807, 2.05) is 19.9 Å². The number of carbonyl (C=O) groups excluding carboxylic acids is 4. The van der Waals surface area contributed by atoms with Gasteiger partial charge >= 0.3 is 12.3 Å². The smallest absolute Gasteiger partial charge is 0.438 e. The number of alkyl carbamates (subject to hydrolysis) is 1. The largest absolute Gasteiger partial charge is 0.497 e. The summed E-state index contributed by atoms with van der Waals surface area (Å²) in [6.45, 7) is 6.53. The van der Waals surface area contributed by atoms with E-state index in [0.717, 1.165) is 4.90 Å². The summed E-state index contributed by atoms with van der Waals surface area (Å²) in [6.07, 6.45) is -0.920. The molecule has 2 saturated carbocycles. The van der Waals surface area contributed by atoms with Crippen LogP contribution in [0.2, 0.25) is 0 Å². The van der Waals surface area contributed by atoms with Crippen molar-refractivity contribution in [3.63, 3.8) is 0 Å². The van der Waals surface area contributed by atoms with Crippen molar-refractivity contribution in [3.05, 3.63) is 36.0 Å². The van der Waals surface area contributed by atoms with Crippen LogP contribution in [-0.4, -0.2) is 95.3 Å². The lowest BCUT2D eigenvalue weighted by molar-refractivity contribution is -0.143. The van der Waals surface area contributed by atoms with E-state index in [-0.39, 0.29) is 36.2 Å². The van der Waals surface area contributed by atoms with Gasteiger partial charge in [-0.1, -0.05) is 38.8 Å². The van der Waals surface area contributed by atoms with Gasteiger partial charge < -0.3 is 29.7 Å². The molecule has 1 aromatic heterocycles. The van der Waals surface area contributed by atoms with Crippen LogP contribution in [-0.2, 0) is 35.3 Å². The van der Waals surface area contributed by atoms with E-state index in [1.54, 1.807) is 13.0 Å². The van der Waals surface area contributed by atoms with Crippen molar-refractivity contribution in [1.82, 2.24) is 30.2 Å². The molecule has 0 spiro atoms. The fraction of sp³-hybridized carbons (Fsp3) is 0.632. The highest BCUT2D eigenvalue weighted by atomic mass is 32.2. The third-order valence-electron chi connectivity index (χ3n) is 11.4. The van der Waals surface area contributed by atoms with Crippen molar-refractivity contribution in [1.29, 1.82) is 0 Å². The molecule has 6 atom stereocenters. The maximum atomic E-state index is 14.5. The van der Waals surface area contributed by atoms with Gasteiger partial charge in [-0.05, 0) is 70.4 Å². The Morgan fingerprint density at radius 3 is 2.47 bits per heavy atom. The Labute approximate surface area is 328 Å². The second-order valence-electron chi connectivity index (χ2n) is 16.0. The molecule has 3 heterocycles. The molecule has 6 rings (SSSR count). The minimum absolute atomic E-state index is 0.0317. The molecule has 3 N–H and O–H groups in total. The van der Waals surface area contributed by atoms with E-state index in [9.17, 15) is 40.8 Å². The van der Waals surface area contributed by atoms with Crippen molar-refractivity contribution < 1.29 is 55.0 Å². The predicted molar refractivity (Wildman–Crippen MR) is 199 cm³/mol. The van der Waals surface area contributed by atoms with Crippen LogP contribution in [0.4, 0.5) is 18.0 Å². The molecule has 4 amide bonds. The van der Waals surface area contributed by atoms with Gasteiger partial charge in [0.05, 0.1) is 29.4 Å². The van der Waals surface area contributed by atoms with Crippen molar-refractivity contribution in [3.8, 4) is 11.6 Å². The molecule has 2 aliphatic carbocycles. The lowest BCUT2D eigenvalue weighted by Gasteiger charge is -2.30. The fourth-order valence-electron chi connectivity index (χ4n) is 7.00. The molecule has 4 aliphatic rings. The summed E-state index contributed by atoms with van der Waals surface area (Å²) in [5, 5.41) is 5.36. The van der Waals surface area contributed by atoms with Crippen LogP contribution in [0.25, 0.3) is 11.0 Å². The van der Waals surface area contributed by atoms with Gasteiger partial charge in [0.25, 0.3) is 5.91 Å². The minimum atomic E-state index is -5.00. The number of aromatic nitrogens is 2. The number of nitrogens with zero attached hydrogens (tertiary/aromatic N) is 3. The van der Waals surface area contributed by atoms with Crippen LogP contribution >= 0.6 is 0 Å². The number of benzene rings is 1.